The second-order valence-corrected chi connectivity index (χ2v) is 3.34. The Morgan fingerprint density at radius 1 is 1.43 bits per heavy atom. The maximum atomic E-state index is 10.6. The average molecular weight is 193 g/mol. The van der Waals surface area contributed by atoms with E-state index in [-0.39, 0.29) is 0 Å². The summed E-state index contributed by atoms with van der Waals surface area (Å²) in [5.41, 5.74) is 1.28. The summed E-state index contributed by atoms with van der Waals surface area (Å²) in [6.07, 6.45) is 1.04. The lowest BCUT2D eigenvalue weighted by Crippen LogP contribution is -2.13. The Balaban J connectivity index is 2.68. The zero-order valence-electron chi connectivity index (χ0n) is 8.45. The van der Waals surface area contributed by atoms with Crippen LogP contribution in [0.15, 0.2) is 24.3 Å². The van der Waals surface area contributed by atoms with Gasteiger partial charge in [-0.1, -0.05) is 6.92 Å². The summed E-state index contributed by atoms with van der Waals surface area (Å²) >= 11 is 0. The predicted octanol–water partition coefficient (Wildman–Crippen LogP) is 2.60. The third kappa shape index (κ3) is 2.76. The van der Waals surface area contributed by atoms with Crippen molar-refractivity contribution in [1.82, 2.24) is 0 Å². The quantitative estimate of drug-likeness (QED) is 0.772. The lowest BCUT2D eigenvalue weighted by Gasteiger charge is -2.12. The Kier molecular flexibility index (Phi) is 3.51. The Morgan fingerprint density at radius 2 is 2.00 bits per heavy atom. The zero-order valence-corrected chi connectivity index (χ0v) is 8.45. The minimum atomic E-state index is -0.889. The van der Waals surface area contributed by atoms with E-state index in [4.69, 9.17) is 5.11 Å². The summed E-state index contributed by atoms with van der Waals surface area (Å²) < 4.78 is 0. The van der Waals surface area contributed by atoms with Gasteiger partial charge in [-0.2, -0.15) is 0 Å². The van der Waals surface area contributed by atoms with Gasteiger partial charge in [0, 0.05) is 11.7 Å². The van der Waals surface area contributed by atoms with Crippen LogP contribution in [0, 0.1) is 0 Å². The van der Waals surface area contributed by atoms with E-state index in [1.807, 2.05) is 0 Å². The van der Waals surface area contributed by atoms with Crippen molar-refractivity contribution in [3.63, 3.8) is 0 Å². The summed E-state index contributed by atoms with van der Waals surface area (Å²) in [5.74, 6) is -0.889. The highest BCUT2D eigenvalue weighted by atomic mass is 16.4. The van der Waals surface area contributed by atoms with E-state index in [1.165, 1.54) is 0 Å². The van der Waals surface area contributed by atoms with Crippen molar-refractivity contribution in [1.29, 1.82) is 0 Å². The molecule has 14 heavy (non-hydrogen) atoms. The molecule has 0 amide bonds. The lowest BCUT2D eigenvalue weighted by atomic mass is 10.2. The molecule has 0 fully saturated rings. The molecule has 1 rings (SSSR count). The fourth-order valence-electron chi connectivity index (χ4n) is 1.10. The predicted molar refractivity (Wildman–Crippen MR) is 56.8 cm³/mol. The van der Waals surface area contributed by atoms with Crippen LogP contribution < -0.4 is 5.32 Å². The SMILES string of the molecule is CC[C@@H](C)Nc1ccc(C(=O)O)cc1. The van der Waals surface area contributed by atoms with Crippen LogP contribution >= 0.6 is 0 Å². The first-order chi connectivity index (χ1) is 6.63. The van der Waals surface area contributed by atoms with Crippen molar-refractivity contribution in [2.24, 2.45) is 0 Å². The number of aromatic carboxylic acids is 1. The highest BCUT2D eigenvalue weighted by Gasteiger charge is 2.02. The summed E-state index contributed by atoms with van der Waals surface area (Å²) in [6.45, 7) is 4.19. The maximum absolute atomic E-state index is 10.6. The van der Waals surface area contributed by atoms with Crippen LogP contribution in [0.1, 0.15) is 30.6 Å². The van der Waals surface area contributed by atoms with Crippen molar-refractivity contribution in [3.05, 3.63) is 29.8 Å². The van der Waals surface area contributed by atoms with Crippen molar-refractivity contribution in [2.45, 2.75) is 26.3 Å². The second-order valence-electron chi connectivity index (χ2n) is 3.34. The van der Waals surface area contributed by atoms with E-state index in [2.05, 4.69) is 19.2 Å². The van der Waals surface area contributed by atoms with E-state index in [0.29, 0.717) is 11.6 Å². The third-order valence-electron chi connectivity index (χ3n) is 2.16. The molecule has 0 saturated heterocycles. The van der Waals surface area contributed by atoms with Crippen molar-refractivity contribution >= 4 is 11.7 Å². The van der Waals surface area contributed by atoms with Crippen LogP contribution in [0.2, 0.25) is 0 Å². The van der Waals surface area contributed by atoms with Gasteiger partial charge in [-0.25, -0.2) is 4.79 Å². The molecule has 3 nitrogen and oxygen atoms in total. The van der Waals surface area contributed by atoms with Gasteiger partial charge in [-0.15, -0.1) is 0 Å². The minimum absolute atomic E-state index is 0.319. The van der Waals surface area contributed by atoms with Crippen LogP contribution in [0.4, 0.5) is 5.69 Å². The van der Waals surface area contributed by atoms with E-state index in [1.54, 1.807) is 24.3 Å². The number of carboxylic acid groups (broad SMARTS) is 1. The molecule has 0 aromatic heterocycles. The number of hydrogen-bond donors (Lipinski definition) is 2. The zero-order chi connectivity index (χ0) is 10.6. The minimum Gasteiger partial charge on any atom is -0.478 e. The number of rotatable bonds is 4. The molecule has 76 valence electrons. The fraction of sp³-hybridized carbons (Fsp3) is 0.364. The summed E-state index contributed by atoms with van der Waals surface area (Å²) in [6, 6.07) is 7.19. The number of anilines is 1. The first kappa shape index (κ1) is 10.6. The number of carboxylic acids is 1. The molecule has 0 aliphatic carbocycles. The Morgan fingerprint density at radius 3 is 2.43 bits per heavy atom. The van der Waals surface area contributed by atoms with Gasteiger partial charge in [0.1, 0.15) is 0 Å². The van der Waals surface area contributed by atoms with E-state index in [9.17, 15) is 4.79 Å². The normalized spacial score (nSPS) is 12.1. The molecule has 3 heteroatoms. The maximum Gasteiger partial charge on any atom is 0.335 e. The molecular formula is C11H15NO2. The fourth-order valence-corrected chi connectivity index (χ4v) is 1.10. The van der Waals surface area contributed by atoms with Crippen molar-refractivity contribution in [2.75, 3.05) is 5.32 Å². The van der Waals surface area contributed by atoms with E-state index < -0.39 is 5.97 Å². The molecule has 0 saturated carbocycles. The number of nitrogens with one attached hydrogen (secondary N) is 1. The average Bonchev–Trinajstić information content (AvgIpc) is 2.18. The number of hydrogen-bond acceptors (Lipinski definition) is 2. The van der Waals surface area contributed by atoms with Gasteiger partial charge < -0.3 is 10.4 Å². The van der Waals surface area contributed by atoms with Gasteiger partial charge in [-0.3, -0.25) is 0 Å². The van der Waals surface area contributed by atoms with E-state index in [0.717, 1.165) is 12.1 Å². The van der Waals surface area contributed by atoms with Gasteiger partial charge in [0.05, 0.1) is 5.56 Å². The molecule has 0 unspecified atom stereocenters. The van der Waals surface area contributed by atoms with Gasteiger partial charge >= 0.3 is 5.97 Å². The van der Waals surface area contributed by atoms with Crippen molar-refractivity contribution in [3.8, 4) is 0 Å². The summed E-state index contributed by atoms with van der Waals surface area (Å²) in [7, 11) is 0. The smallest absolute Gasteiger partial charge is 0.335 e. The Labute approximate surface area is 83.8 Å². The van der Waals surface area contributed by atoms with Gasteiger partial charge in [0.25, 0.3) is 0 Å². The molecule has 0 heterocycles. The highest BCUT2D eigenvalue weighted by molar-refractivity contribution is 5.87. The molecule has 0 radical (unpaired) electrons. The standard InChI is InChI=1S/C11H15NO2/c1-3-8(2)12-10-6-4-9(5-7-10)11(13)14/h4-8,12H,3H2,1-2H3,(H,13,14)/t8-/m1/s1. The topological polar surface area (TPSA) is 49.3 Å². The molecule has 0 aliphatic rings. The van der Waals surface area contributed by atoms with Gasteiger partial charge in [-0.05, 0) is 37.6 Å². The Bertz CT molecular complexity index is 306. The highest BCUT2D eigenvalue weighted by Crippen LogP contribution is 2.11. The lowest BCUT2D eigenvalue weighted by molar-refractivity contribution is 0.0697. The van der Waals surface area contributed by atoms with Gasteiger partial charge in [0.2, 0.25) is 0 Å². The first-order valence-corrected chi connectivity index (χ1v) is 4.73. The molecular weight excluding hydrogens is 178 g/mol. The molecule has 0 aliphatic heterocycles. The van der Waals surface area contributed by atoms with E-state index >= 15 is 0 Å². The summed E-state index contributed by atoms with van der Waals surface area (Å²) in [4.78, 5) is 10.6. The first-order valence-electron chi connectivity index (χ1n) is 4.73. The Hall–Kier alpha value is -1.51. The number of benzene rings is 1. The van der Waals surface area contributed by atoms with Crippen LogP contribution in [0.25, 0.3) is 0 Å². The molecule has 0 bridgehead atoms. The third-order valence-corrected chi connectivity index (χ3v) is 2.16. The second kappa shape index (κ2) is 4.65. The molecule has 1 atom stereocenters. The monoisotopic (exact) mass is 193 g/mol. The van der Waals surface area contributed by atoms with Crippen LogP contribution in [0.5, 0.6) is 0 Å². The van der Waals surface area contributed by atoms with Crippen LogP contribution in [-0.2, 0) is 0 Å². The van der Waals surface area contributed by atoms with Crippen molar-refractivity contribution < 1.29 is 9.90 Å². The van der Waals surface area contributed by atoms with Gasteiger partial charge in [0.15, 0.2) is 0 Å². The molecule has 1 aromatic carbocycles. The molecule has 2 N–H and O–H groups in total. The molecule has 1 aromatic rings. The van der Waals surface area contributed by atoms with Crippen LogP contribution in [0.3, 0.4) is 0 Å². The van der Waals surface area contributed by atoms with Crippen LogP contribution in [-0.4, -0.2) is 17.1 Å². The summed E-state index contributed by atoms with van der Waals surface area (Å²) in [5, 5.41) is 11.9. The number of carbonyl (C=O) groups is 1. The largest absolute Gasteiger partial charge is 0.478 e. The molecule has 0 spiro atoms.